The van der Waals surface area contributed by atoms with Crippen LogP contribution in [0, 0.1) is 0 Å². The molecule has 1 nitrogen and oxygen atoms in total. The van der Waals surface area contributed by atoms with E-state index in [-0.39, 0.29) is 21.7 Å². The molecule has 0 radical (unpaired) electrons. The summed E-state index contributed by atoms with van der Waals surface area (Å²) in [5, 5.41) is 0. The van der Waals surface area contributed by atoms with Gasteiger partial charge in [-0.3, -0.25) is 4.74 Å². The van der Waals surface area contributed by atoms with E-state index in [0.717, 1.165) is 36.2 Å². The number of hydrogen-bond acceptors (Lipinski definition) is 1. The van der Waals surface area contributed by atoms with Crippen LogP contribution in [0.25, 0.3) is 0 Å². The monoisotopic (exact) mass is 467 g/mol. The van der Waals surface area contributed by atoms with E-state index in [9.17, 15) is 0 Å². The summed E-state index contributed by atoms with van der Waals surface area (Å²) in [7, 11) is -1.30. The van der Waals surface area contributed by atoms with Crippen LogP contribution < -0.4 is 0 Å². The Bertz CT molecular complexity index is 588. The summed E-state index contributed by atoms with van der Waals surface area (Å²) in [4.78, 5) is 0. The van der Waals surface area contributed by atoms with Gasteiger partial charge in [-0.05, 0) is 76.1 Å². The van der Waals surface area contributed by atoms with Gasteiger partial charge in [0, 0.05) is 33.8 Å². The van der Waals surface area contributed by atoms with Crippen LogP contribution in [0.5, 0.6) is 0 Å². The van der Waals surface area contributed by atoms with Gasteiger partial charge in [0.2, 0.25) is 0 Å². The summed E-state index contributed by atoms with van der Waals surface area (Å²) in [6, 6.07) is 0. The first-order valence-corrected chi connectivity index (χ1v) is 14.0. The van der Waals surface area contributed by atoms with Crippen molar-refractivity contribution in [1.29, 1.82) is 0 Å². The normalized spacial score (nSPS) is 18.9. The van der Waals surface area contributed by atoms with Crippen LogP contribution in [0.4, 0.5) is 0 Å². The van der Waals surface area contributed by atoms with Gasteiger partial charge >= 0.3 is 0 Å². The number of allylic oxidation sites excluding steroid dienone is 7. The Morgan fingerprint density at radius 3 is 1.53 bits per heavy atom. The third-order valence-electron chi connectivity index (χ3n) is 6.59. The van der Waals surface area contributed by atoms with Crippen LogP contribution in [0.3, 0.4) is 0 Å². The maximum Gasteiger partial charge on any atom is 0.0425 e. The molecular weight excluding hydrogens is 417 g/mol. The minimum absolute atomic E-state index is 0. The minimum atomic E-state index is -1.30. The fourth-order valence-electron chi connectivity index (χ4n) is 4.14. The Morgan fingerprint density at radius 1 is 0.867 bits per heavy atom. The molecule has 0 aromatic heterocycles. The van der Waals surface area contributed by atoms with Crippen molar-refractivity contribution in [2.45, 2.75) is 125 Å². The molecule has 1 aliphatic carbocycles. The molecule has 0 bridgehead atoms. The standard InChI is InChI=1S/C17H32NP.C10H18.Ti/c1-7-14(4)19(15(5)8-2,16(6)9-3)18-17-12-10-11-13-17;1-5-7-9(3)10(4)8-6-2;/h10-12,14-16H,7-9,13H2,1-6H3;7-8H,5-6H2,1-4H3;. The second-order valence-electron chi connectivity index (χ2n) is 8.55. The summed E-state index contributed by atoms with van der Waals surface area (Å²) in [6.45, 7) is 23.0. The summed E-state index contributed by atoms with van der Waals surface area (Å²) < 4.78 is 5.43. The largest absolute Gasteiger partial charge is 0.271 e. The van der Waals surface area contributed by atoms with Gasteiger partial charge in [0.25, 0.3) is 0 Å². The number of rotatable bonds is 10. The smallest absolute Gasteiger partial charge is 0.0425 e. The van der Waals surface area contributed by atoms with E-state index in [0.29, 0.717) is 0 Å². The molecule has 3 heteroatoms. The zero-order valence-corrected chi connectivity index (χ0v) is 24.2. The van der Waals surface area contributed by atoms with E-state index in [1.165, 1.54) is 36.1 Å². The van der Waals surface area contributed by atoms with Crippen molar-refractivity contribution in [3.05, 3.63) is 47.2 Å². The van der Waals surface area contributed by atoms with E-state index in [1.807, 2.05) is 0 Å². The van der Waals surface area contributed by atoms with Crippen molar-refractivity contribution in [2.24, 2.45) is 4.74 Å². The number of nitrogens with zero attached hydrogens (tertiary/aromatic N) is 1. The Balaban J connectivity index is 0. The molecular formula is C27H50NPTi. The fraction of sp³-hybridized carbons (Fsp3) is 0.704. The van der Waals surface area contributed by atoms with Gasteiger partial charge in [0.15, 0.2) is 0 Å². The third-order valence-corrected chi connectivity index (χ3v) is 12.5. The van der Waals surface area contributed by atoms with Crippen LogP contribution in [0.2, 0.25) is 0 Å². The average molecular weight is 468 g/mol. The molecule has 0 fully saturated rings. The summed E-state index contributed by atoms with van der Waals surface area (Å²) in [5.74, 6) is 0. The van der Waals surface area contributed by atoms with Crippen molar-refractivity contribution in [3.63, 3.8) is 0 Å². The first kappa shape index (κ1) is 32.1. The van der Waals surface area contributed by atoms with Crippen molar-refractivity contribution in [3.8, 4) is 0 Å². The van der Waals surface area contributed by atoms with Crippen molar-refractivity contribution in [2.75, 3.05) is 0 Å². The Kier molecular flexibility index (Phi) is 18.7. The Morgan fingerprint density at radius 2 is 1.27 bits per heavy atom. The van der Waals surface area contributed by atoms with Gasteiger partial charge in [-0.2, -0.15) is 0 Å². The molecule has 0 spiro atoms. The zero-order chi connectivity index (χ0) is 22.4. The van der Waals surface area contributed by atoms with E-state index >= 15 is 0 Å². The van der Waals surface area contributed by atoms with Crippen LogP contribution >= 0.6 is 7.05 Å². The first-order valence-electron chi connectivity index (χ1n) is 12.1. The average Bonchev–Trinajstić information content (AvgIpc) is 3.24. The van der Waals surface area contributed by atoms with Crippen molar-refractivity contribution >= 4 is 7.05 Å². The molecule has 0 heterocycles. The quantitative estimate of drug-likeness (QED) is 0.172. The molecule has 0 aliphatic heterocycles. The molecule has 1 aliphatic rings. The topological polar surface area (TPSA) is 12.4 Å². The fourth-order valence-corrected chi connectivity index (χ4v) is 9.69. The van der Waals surface area contributed by atoms with Gasteiger partial charge < -0.3 is 0 Å². The first-order chi connectivity index (χ1) is 13.7. The predicted octanol–water partition coefficient (Wildman–Crippen LogP) is 10.1. The van der Waals surface area contributed by atoms with E-state index in [2.05, 4.69) is 99.6 Å². The third kappa shape index (κ3) is 9.59. The molecule has 0 saturated carbocycles. The predicted molar refractivity (Wildman–Crippen MR) is 139 cm³/mol. The molecule has 0 aromatic rings. The second-order valence-corrected chi connectivity index (χ2v) is 13.0. The van der Waals surface area contributed by atoms with Gasteiger partial charge in [-0.1, -0.05) is 90.8 Å². The molecule has 0 aromatic carbocycles. The molecule has 1 rings (SSSR count). The number of hydrogen-bond donors (Lipinski definition) is 0. The molecule has 172 valence electrons. The Labute approximate surface area is 204 Å². The van der Waals surface area contributed by atoms with Crippen molar-refractivity contribution < 1.29 is 21.7 Å². The maximum absolute atomic E-state index is 5.43. The van der Waals surface area contributed by atoms with Crippen LogP contribution in [0.15, 0.2) is 52.0 Å². The Hall–Kier alpha value is -0.0957. The van der Waals surface area contributed by atoms with E-state index < -0.39 is 7.05 Å². The van der Waals surface area contributed by atoms with Crippen molar-refractivity contribution in [1.82, 2.24) is 0 Å². The summed E-state index contributed by atoms with van der Waals surface area (Å²) in [6.07, 6.45) is 18.2. The molecule has 3 unspecified atom stereocenters. The second kappa shape index (κ2) is 17.5. The molecule has 0 saturated heterocycles. The van der Waals surface area contributed by atoms with Gasteiger partial charge in [0.1, 0.15) is 0 Å². The molecule has 30 heavy (non-hydrogen) atoms. The zero-order valence-electron chi connectivity index (χ0n) is 21.8. The molecule has 0 N–H and O–H groups in total. The van der Waals surface area contributed by atoms with E-state index in [4.69, 9.17) is 4.74 Å². The maximum atomic E-state index is 5.43. The molecule has 3 atom stereocenters. The molecule has 0 amide bonds. The van der Waals surface area contributed by atoms with Gasteiger partial charge in [-0.15, -0.1) is 0 Å². The van der Waals surface area contributed by atoms with Gasteiger partial charge in [0.05, 0.1) is 0 Å². The van der Waals surface area contributed by atoms with E-state index in [1.54, 1.807) is 0 Å². The van der Waals surface area contributed by atoms with Gasteiger partial charge in [-0.25, -0.2) is 0 Å². The van der Waals surface area contributed by atoms with Crippen LogP contribution in [-0.4, -0.2) is 17.0 Å². The summed E-state index contributed by atoms with van der Waals surface area (Å²) >= 11 is 0. The minimum Gasteiger partial charge on any atom is -0.271 e. The van der Waals surface area contributed by atoms with Crippen LogP contribution in [0.1, 0.15) is 108 Å². The summed E-state index contributed by atoms with van der Waals surface area (Å²) in [5.41, 5.74) is 6.42. The van der Waals surface area contributed by atoms with Crippen LogP contribution in [-0.2, 0) is 21.7 Å². The SMILES string of the molecule is CCC(C)P(=NC1=CC=CC1)(C(C)CC)C(C)CC.CCC=C(C)C(C)=CCC.[Ti].